The Kier molecular flexibility index (Phi) is 3.50. The minimum atomic E-state index is 0.163. The van der Waals surface area contributed by atoms with Gasteiger partial charge in [-0.15, -0.1) is 0 Å². The van der Waals surface area contributed by atoms with Crippen LogP contribution >= 0.6 is 0 Å². The van der Waals surface area contributed by atoms with Gasteiger partial charge in [0.05, 0.1) is 5.69 Å². The molecule has 4 N–H and O–H groups in total. The van der Waals surface area contributed by atoms with Gasteiger partial charge in [0.25, 0.3) is 0 Å². The van der Waals surface area contributed by atoms with Gasteiger partial charge in [0.15, 0.2) is 0 Å². The summed E-state index contributed by atoms with van der Waals surface area (Å²) in [6.45, 7) is 9.59. The molecule has 0 saturated carbocycles. The molecule has 0 aliphatic heterocycles. The number of hydrogen-bond donors (Lipinski definition) is 3. The van der Waals surface area contributed by atoms with E-state index in [2.05, 4.69) is 25.1 Å². The summed E-state index contributed by atoms with van der Waals surface area (Å²) >= 11 is 0. The van der Waals surface area contributed by atoms with E-state index in [0.29, 0.717) is 5.70 Å². The Morgan fingerprint density at radius 2 is 2.27 bits per heavy atom. The number of rotatable bonds is 5. The van der Waals surface area contributed by atoms with Crippen molar-refractivity contribution in [3.8, 4) is 0 Å². The van der Waals surface area contributed by atoms with E-state index < -0.39 is 0 Å². The van der Waals surface area contributed by atoms with E-state index in [0.717, 1.165) is 23.4 Å². The maximum Gasteiger partial charge on any atom is 0.0610 e. The molecule has 0 aliphatic carbocycles. The van der Waals surface area contributed by atoms with E-state index in [4.69, 9.17) is 11.1 Å². The highest BCUT2D eigenvalue weighted by Gasteiger charge is 2.13. The van der Waals surface area contributed by atoms with Crippen molar-refractivity contribution in [1.82, 2.24) is 4.98 Å². The highest BCUT2D eigenvalue weighted by Crippen LogP contribution is 2.25. The Morgan fingerprint density at radius 3 is 2.67 bits per heavy atom. The smallest absolute Gasteiger partial charge is 0.0610 e. The first-order valence-corrected chi connectivity index (χ1v) is 4.93. The van der Waals surface area contributed by atoms with Crippen molar-refractivity contribution in [1.29, 1.82) is 5.41 Å². The summed E-state index contributed by atoms with van der Waals surface area (Å²) in [4.78, 5) is 3.19. The monoisotopic (exact) mass is 203 g/mol. The average molecular weight is 203 g/mol. The lowest BCUT2D eigenvalue weighted by Crippen LogP contribution is -2.02. The van der Waals surface area contributed by atoms with Crippen LogP contribution < -0.4 is 5.73 Å². The summed E-state index contributed by atoms with van der Waals surface area (Å²) in [6, 6.07) is 3.87. The molecule has 1 unspecified atom stereocenters. The average Bonchev–Trinajstić information content (AvgIpc) is 2.68. The van der Waals surface area contributed by atoms with Crippen LogP contribution in [0, 0.1) is 5.41 Å². The first-order chi connectivity index (χ1) is 7.10. The Hall–Kier alpha value is -1.77. The molecule has 1 atom stereocenters. The van der Waals surface area contributed by atoms with Gasteiger partial charge >= 0.3 is 0 Å². The molecule has 3 nitrogen and oxygen atoms in total. The van der Waals surface area contributed by atoms with Crippen LogP contribution in [0.25, 0.3) is 5.70 Å². The maximum absolute atomic E-state index is 7.20. The second kappa shape index (κ2) is 4.64. The quantitative estimate of drug-likeness (QED) is 0.633. The molecule has 0 bridgehead atoms. The van der Waals surface area contributed by atoms with Crippen LogP contribution in [-0.2, 0) is 0 Å². The van der Waals surface area contributed by atoms with E-state index in [1.54, 1.807) is 0 Å². The molecular weight excluding hydrogens is 186 g/mol. The molecule has 1 aromatic heterocycles. The van der Waals surface area contributed by atoms with Crippen molar-refractivity contribution in [2.75, 3.05) is 0 Å². The lowest BCUT2D eigenvalue weighted by atomic mass is 9.95. The predicted octanol–water partition coefficient (Wildman–Crippen LogP) is 2.64. The van der Waals surface area contributed by atoms with Crippen molar-refractivity contribution in [2.24, 2.45) is 5.73 Å². The zero-order valence-electron chi connectivity index (χ0n) is 9.01. The molecule has 1 aromatic rings. The fourth-order valence-electron chi connectivity index (χ4n) is 1.58. The first kappa shape index (κ1) is 11.3. The van der Waals surface area contributed by atoms with Gasteiger partial charge in [-0.1, -0.05) is 20.1 Å². The predicted molar refractivity (Wildman–Crippen MR) is 65.0 cm³/mol. The Labute approximate surface area is 90.2 Å². The van der Waals surface area contributed by atoms with Gasteiger partial charge in [-0.05, 0) is 24.1 Å². The summed E-state index contributed by atoms with van der Waals surface area (Å²) < 4.78 is 0. The minimum Gasteiger partial charge on any atom is -0.398 e. The standard InChI is InChI=1S/C12H17N3/c1-4-10(8(2)7-13)12-6-5-11(15-12)9(3)14/h5-7,10,13,15H,2-4,14H2,1H3. The fraction of sp³-hybridized carbons (Fsp3) is 0.250. The minimum absolute atomic E-state index is 0.163. The van der Waals surface area contributed by atoms with Crippen molar-refractivity contribution >= 4 is 11.9 Å². The van der Waals surface area contributed by atoms with Gasteiger partial charge < -0.3 is 16.1 Å². The summed E-state index contributed by atoms with van der Waals surface area (Å²) in [7, 11) is 0. The molecule has 0 saturated heterocycles. The van der Waals surface area contributed by atoms with Gasteiger partial charge in [-0.3, -0.25) is 0 Å². The first-order valence-electron chi connectivity index (χ1n) is 4.93. The number of H-pyrrole nitrogens is 1. The maximum atomic E-state index is 7.20. The molecule has 0 spiro atoms. The van der Waals surface area contributed by atoms with Gasteiger partial charge in [-0.2, -0.15) is 0 Å². The topological polar surface area (TPSA) is 65.7 Å². The van der Waals surface area contributed by atoms with Crippen molar-refractivity contribution in [3.05, 3.63) is 42.3 Å². The zero-order chi connectivity index (χ0) is 11.4. The summed E-state index contributed by atoms with van der Waals surface area (Å²) in [6.07, 6.45) is 2.21. The van der Waals surface area contributed by atoms with Crippen LogP contribution in [0.5, 0.6) is 0 Å². The molecule has 80 valence electrons. The van der Waals surface area contributed by atoms with Crippen LogP contribution in [0.4, 0.5) is 0 Å². The van der Waals surface area contributed by atoms with Gasteiger partial charge in [0.1, 0.15) is 0 Å². The van der Waals surface area contributed by atoms with Crippen LogP contribution in [0.2, 0.25) is 0 Å². The Morgan fingerprint density at radius 1 is 1.60 bits per heavy atom. The van der Waals surface area contributed by atoms with Crippen LogP contribution in [0.15, 0.2) is 30.9 Å². The van der Waals surface area contributed by atoms with E-state index in [9.17, 15) is 0 Å². The lowest BCUT2D eigenvalue weighted by Gasteiger charge is -2.12. The number of hydrogen-bond acceptors (Lipinski definition) is 2. The third-order valence-electron chi connectivity index (χ3n) is 2.47. The highest BCUT2D eigenvalue weighted by molar-refractivity contribution is 5.77. The molecule has 0 amide bonds. The summed E-state index contributed by atoms with van der Waals surface area (Å²) in [5, 5.41) is 7.20. The van der Waals surface area contributed by atoms with Crippen molar-refractivity contribution < 1.29 is 0 Å². The number of aromatic nitrogens is 1. The molecule has 3 heteroatoms. The molecule has 15 heavy (non-hydrogen) atoms. The molecule has 0 fully saturated rings. The van der Waals surface area contributed by atoms with E-state index >= 15 is 0 Å². The summed E-state index contributed by atoms with van der Waals surface area (Å²) in [5.74, 6) is 0.163. The molecule has 0 radical (unpaired) electrons. The number of nitrogens with two attached hydrogens (primary N) is 1. The van der Waals surface area contributed by atoms with Gasteiger partial charge in [0.2, 0.25) is 0 Å². The third kappa shape index (κ3) is 2.37. The molecule has 0 aromatic carbocycles. The molecule has 0 aliphatic rings. The largest absolute Gasteiger partial charge is 0.398 e. The normalized spacial score (nSPS) is 12.1. The molecule has 1 rings (SSSR count). The van der Waals surface area contributed by atoms with Crippen LogP contribution in [0.1, 0.15) is 30.7 Å². The SMILES string of the molecule is C=C(N)c1ccc(C(CC)C(=C)C=N)[nH]1. The number of aromatic amines is 1. The molecular formula is C12H17N3. The molecule has 1 heterocycles. The van der Waals surface area contributed by atoms with E-state index in [-0.39, 0.29) is 5.92 Å². The number of allylic oxidation sites excluding steroid dienone is 1. The van der Waals surface area contributed by atoms with Crippen molar-refractivity contribution in [2.45, 2.75) is 19.3 Å². The second-order valence-electron chi connectivity index (χ2n) is 3.53. The summed E-state index contributed by atoms with van der Waals surface area (Å²) in [5.41, 5.74) is 8.78. The number of nitrogens with one attached hydrogen (secondary N) is 2. The van der Waals surface area contributed by atoms with Crippen LogP contribution in [0.3, 0.4) is 0 Å². The van der Waals surface area contributed by atoms with Crippen molar-refractivity contribution in [3.63, 3.8) is 0 Å². The van der Waals surface area contributed by atoms with E-state index in [1.165, 1.54) is 6.21 Å². The van der Waals surface area contributed by atoms with Gasteiger partial charge in [0, 0.05) is 23.5 Å². The van der Waals surface area contributed by atoms with Gasteiger partial charge in [-0.25, -0.2) is 0 Å². The highest BCUT2D eigenvalue weighted by atomic mass is 14.8. The Balaban J connectivity index is 2.97. The lowest BCUT2D eigenvalue weighted by molar-refractivity contribution is 0.765. The zero-order valence-corrected chi connectivity index (χ0v) is 9.01. The fourth-order valence-corrected chi connectivity index (χ4v) is 1.58. The van der Waals surface area contributed by atoms with Crippen LogP contribution in [-0.4, -0.2) is 11.2 Å². The van der Waals surface area contributed by atoms with E-state index in [1.807, 2.05) is 12.1 Å². The Bertz CT molecular complexity index is 387. The second-order valence-corrected chi connectivity index (χ2v) is 3.53. The third-order valence-corrected chi connectivity index (χ3v) is 2.47.